The molecule has 4 fully saturated rings. The largest absolute Gasteiger partial charge is 0.462 e. The van der Waals surface area contributed by atoms with Crippen LogP contribution in [0.4, 0.5) is 0 Å². The van der Waals surface area contributed by atoms with Gasteiger partial charge in [0.05, 0.1) is 0 Å². The highest BCUT2D eigenvalue weighted by Crippen LogP contribution is 2.77. The Kier molecular flexibility index (Phi) is 6.93. The molecular formula is C33H53NO5. The molecule has 6 nitrogen and oxygen atoms in total. The van der Waals surface area contributed by atoms with Gasteiger partial charge in [-0.1, -0.05) is 59.6 Å². The number of hydrogen-bond donors (Lipinski definition) is 1. The van der Waals surface area contributed by atoms with Crippen molar-refractivity contribution < 1.29 is 19.6 Å². The van der Waals surface area contributed by atoms with Crippen molar-refractivity contribution in [1.29, 1.82) is 0 Å². The van der Waals surface area contributed by atoms with Gasteiger partial charge in [0.2, 0.25) is 6.54 Å². The monoisotopic (exact) mass is 543 g/mol. The number of hydrogen-bond acceptors (Lipinski definition) is 5. The van der Waals surface area contributed by atoms with Gasteiger partial charge in [0.25, 0.3) is 0 Å². The first-order valence-electron chi connectivity index (χ1n) is 15.7. The zero-order valence-electron chi connectivity index (χ0n) is 25.8. The maximum absolute atomic E-state index is 11.9. The van der Waals surface area contributed by atoms with E-state index in [1.165, 1.54) is 24.0 Å². The Morgan fingerprint density at radius 2 is 1.67 bits per heavy atom. The van der Waals surface area contributed by atoms with Crippen LogP contribution in [-0.4, -0.2) is 34.8 Å². The molecule has 0 aromatic rings. The summed E-state index contributed by atoms with van der Waals surface area (Å²) in [7, 11) is 0. The molecule has 0 aromatic carbocycles. The third-order valence-electron chi connectivity index (χ3n) is 13.9. The molecule has 4 saturated carbocycles. The molecule has 2 unspecified atom stereocenters. The molecule has 5 aliphatic carbocycles. The molecule has 0 bridgehead atoms. The first-order valence-corrected chi connectivity index (χ1v) is 15.7. The van der Waals surface area contributed by atoms with E-state index in [9.17, 15) is 20.0 Å². The van der Waals surface area contributed by atoms with E-state index in [0.29, 0.717) is 23.7 Å². The molecular weight excluding hydrogens is 490 g/mol. The number of aliphatic hydroxyl groups is 1. The third-order valence-corrected chi connectivity index (χ3v) is 13.9. The number of carbonyl (C=O) groups excluding carboxylic acids is 1. The van der Waals surface area contributed by atoms with Gasteiger partial charge in [0, 0.05) is 22.7 Å². The highest BCUT2D eigenvalue weighted by atomic mass is 16.6. The fourth-order valence-corrected chi connectivity index (χ4v) is 11.9. The van der Waals surface area contributed by atoms with Crippen LogP contribution in [0, 0.1) is 60.9 Å². The SMILES string of the molecule is CC(=O)O[C@H]1CC[C@]2(C)[C@H]3CC[C@@H]4C5=C(C(C)C)CCC5(C(O)C[N+](=O)[O-])CC[C@@]4(C)[C@]3(C)CC[C@H]2C1(C)C. The Balaban J connectivity index is 1.54. The van der Waals surface area contributed by atoms with Crippen LogP contribution in [-0.2, 0) is 9.53 Å². The average Bonchev–Trinajstić information content (AvgIpc) is 3.22. The van der Waals surface area contributed by atoms with E-state index in [2.05, 4.69) is 48.5 Å². The summed E-state index contributed by atoms with van der Waals surface area (Å²) in [6.45, 7) is 18.1. The molecule has 0 heterocycles. The van der Waals surface area contributed by atoms with Crippen LogP contribution in [0.25, 0.3) is 0 Å². The normalized spacial score (nSPS) is 45.6. The maximum atomic E-state index is 11.9. The lowest BCUT2D eigenvalue weighted by Gasteiger charge is -2.72. The number of fused-ring (bicyclic) bond motifs is 7. The average molecular weight is 544 g/mol. The predicted octanol–water partition coefficient (Wildman–Crippen LogP) is 7.36. The van der Waals surface area contributed by atoms with E-state index in [0.717, 1.165) is 51.4 Å². The number of ether oxygens (including phenoxy) is 1. The summed E-state index contributed by atoms with van der Waals surface area (Å²) in [6, 6.07) is 0. The first-order chi connectivity index (χ1) is 18.0. The minimum Gasteiger partial charge on any atom is -0.462 e. The molecule has 220 valence electrons. The van der Waals surface area contributed by atoms with Gasteiger partial charge in [-0.15, -0.1) is 0 Å². The van der Waals surface area contributed by atoms with E-state index < -0.39 is 11.5 Å². The van der Waals surface area contributed by atoms with Crippen LogP contribution in [0.5, 0.6) is 0 Å². The van der Waals surface area contributed by atoms with Crippen molar-refractivity contribution in [2.45, 2.75) is 132 Å². The van der Waals surface area contributed by atoms with Crippen LogP contribution in [0.3, 0.4) is 0 Å². The second kappa shape index (κ2) is 9.29. The smallest absolute Gasteiger partial charge is 0.302 e. The molecule has 6 heteroatoms. The van der Waals surface area contributed by atoms with Crippen LogP contribution in [0.15, 0.2) is 11.1 Å². The number of nitrogens with zero attached hydrogens (tertiary/aromatic N) is 1. The number of aliphatic hydroxyl groups excluding tert-OH is 1. The highest BCUT2D eigenvalue weighted by Gasteiger charge is 2.70. The van der Waals surface area contributed by atoms with Crippen molar-refractivity contribution in [3.8, 4) is 0 Å². The van der Waals surface area contributed by atoms with Crippen LogP contribution >= 0.6 is 0 Å². The van der Waals surface area contributed by atoms with E-state index in [1.54, 1.807) is 6.92 Å². The molecule has 0 aliphatic heterocycles. The quantitative estimate of drug-likeness (QED) is 0.169. The van der Waals surface area contributed by atoms with E-state index >= 15 is 0 Å². The lowest BCUT2D eigenvalue weighted by molar-refractivity contribution is -0.494. The number of rotatable bonds is 5. The molecule has 9 atom stereocenters. The van der Waals surface area contributed by atoms with Gasteiger partial charge < -0.3 is 9.84 Å². The Labute approximate surface area is 235 Å². The molecule has 0 aromatic heterocycles. The van der Waals surface area contributed by atoms with Gasteiger partial charge >= 0.3 is 5.97 Å². The number of allylic oxidation sites excluding steroid dienone is 1. The minimum absolute atomic E-state index is 0.0139. The standard InChI is InChI=1S/C33H53NO5/c1-20(2)22-11-16-33(26(36)19-34(37)38)18-17-31(7)23(28(22)33)9-10-25-30(6)14-13-27(39-21(3)35)29(4,5)24(30)12-15-32(25,31)8/h20,23-27,36H,9-19H2,1-8H3/t23-,24+,25-,26?,27+,30+,31-,32-,33?/m1/s1. The van der Waals surface area contributed by atoms with Gasteiger partial charge in [0.15, 0.2) is 0 Å². The van der Waals surface area contributed by atoms with Crippen LogP contribution in [0.2, 0.25) is 0 Å². The van der Waals surface area contributed by atoms with E-state index in [-0.39, 0.29) is 45.2 Å². The summed E-state index contributed by atoms with van der Waals surface area (Å²) < 4.78 is 5.89. The lowest BCUT2D eigenvalue weighted by atomic mass is 9.33. The Hall–Kier alpha value is -1.43. The lowest BCUT2D eigenvalue weighted by Crippen LogP contribution is -2.66. The summed E-state index contributed by atoms with van der Waals surface area (Å²) in [6.07, 6.45) is 9.48. The van der Waals surface area contributed by atoms with Crippen molar-refractivity contribution >= 4 is 5.97 Å². The zero-order chi connectivity index (χ0) is 28.8. The minimum atomic E-state index is -0.903. The second-order valence-electron chi connectivity index (χ2n) is 15.9. The fourth-order valence-electron chi connectivity index (χ4n) is 11.9. The topological polar surface area (TPSA) is 89.7 Å². The number of carbonyl (C=O) groups is 1. The van der Waals surface area contributed by atoms with Gasteiger partial charge in [-0.2, -0.15) is 0 Å². The predicted molar refractivity (Wildman–Crippen MR) is 152 cm³/mol. The number of nitro groups is 1. The van der Waals surface area contributed by atoms with Gasteiger partial charge in [-0.25, -0.2) is 0 Å². The van der Waals surface area contributed by atoms with E-state index in [4.69, 9.17) is 4.74 Å². The van der Waals surface area contributed by atoms with Crippen molar-refractivity contribution in [3.63, 3.8) is 0 Å². The molecule has 5 rings (SSSR count). The van der Waals surface area contributed by atoms with Crippen LogP contribution in [0.1, 0.15) is 120 Å². The molecule has 0 amide bonds. The molecule has 39 heavy (non-hydrogen) atoms. The van der Waals surface area contributed by atoms with Crippen LogP contribution < -0.4 is 0 Å². The third kappa shape index (κ3) is 3.92. The molecule has 0 saturated heterocycles. The molecule has 0 radical (unpaired) electrons. The van der Waals surface area contributed by atoms with Crippen molar-refractivity contribution in [1.82, 2.24) is 0 Å². The summed E-state index contributed by atoms with van der Waals surface area (Å²) in [5, 5.41) is 22.9. The van der Waals surface area contributed by atoms with Crippen molar-refractivity contribution in [2.75, 3.05) is 6.54 Å². The fraction of sp³-hybridized carbons (Fsp3) is 0.909. The first kappa shape index (κ1) is 29.1. The maximum Gasteiger partial charge on any atom is 0.302 e. The zero-order valence-corrected chi connectivity index (χ0v) is 25.8. The van der Waals surface area contributed by atoms with Crippen molar-refractivity contribution in [2.24, 2.45) is 50.7 Å². The number of esters is 1. The van der Waals surface area contributed by atoms with E-state index in [1.807, 2.05) is 0 Å². The second-order valence-corrected chi connectivity index (χ2v) is 15.9. The molecule has 0 spiro atoms. The van der Waals surface area contributed by atoms with Crippen molar-refractivity contribution in [3.05, 3.63) is 21.3 Å². The Morgan fingerprint density at radius 3 is 2.28 bits per heavy atom. The highest BCUT2D eigenvalue weighted by molar-refractivity contribution is 5.66. The van der Waals surface area contributed by atoms with Gasteiger partial charge in [-0.05, 0) is 104 Å². The Morgan fingerprint density at radius 1 is 0.974 bits per heavy atom. The molecule has 1 N–H and O–H groups in total. The summed E-state index contributed by atoms with van der Waals surface area (Å²) in [5.74, 6) is 1.75. The summed E-state index contributed by atoms with van der Waals surface area (Å²) >= 11 is 0. The molecule has 5 aliphatic rings. The summed E-state index contributed by atoms with van der Waals surface area (Å²) in [5.41, 5.74) is 2.92. The Bertz CT molecular complexity index is 1060. The summed E-state index contributed by atoms with van der Waals surface area (Å²) in [4.78, 5) is 23.2. The van der Waals surface area contributed by atoms with Gasteiger partial charge in [-0.3, -0.25) is 14.9 Å². The van der Waals surface area contributed by atoms with Gasteiger partial charge in [0.1, 0.15) is 12.2 Å².